The smallest absolute Gasteiger partial charge is 0.142 e. The van der Waals surface area contributed by atoms with Crippen LogP contribution in [0.25, 0.3) is 11.0 Å². The van der Waals surface area contributed by atoms with Gasteiger partial charge in [-0.1, -0.05) is 34.1 Å². The number of methoxy groups -OCH3 is 1. The summed E-state index contributed by atoms with van der Waals surface area (Å²) in [6.07, 6.45) is 0. The van der Waals surface area contributed by atoms with E-state index in [0.717, 1.165) is 32.6 Å². The Bertz CT molecular complexity index is 733. The van der Waals surface area contributed by atoms with Crippen molar-refractivity contribution in [1.82, 2.24) is 0 Å². The number of hydrogen-bond acceptors (Lipinski definition) is 3. The van der Waals surface area contributed by atoms with E-state index < -0.39 is 0 Å². The van der Waals surface area contributed by atoms with Crippen LogP contribution in [0, 0.1) is 0 Å². The number of halogens is 1. The monoisotopic (exact) mass is 345 g/mol. The highest BCUT2D eigenvalue weighted by Gasteiger charge is 2.13. The molecule has 3 rings (SSSR count). The fourth-order valence-electron chi connectivity index (χ4n) is 2.31. The fraction of sp³-hybridized carbons (Fsp3) is 0.176. The van der Waals surface area contributed by atoms with Crippen molar-refractivity contribution in [2.75, 3.05) is 12.4 Å². The molecule has 3 nitrogen and oxygen atoms in total. The van der Waals surface area contributed by atoms with Gasteiger partial charge in [-0.2, -0.15) is 0 Å². The number of anilines is 1. The first-order valence-corrected chi connectivity index (χ1v) is 7.55. The van der Waals surface area contributed by atoms with Gasteiger partial charge in [0.15, 0.2) is 0 Å². The summed E-state index contributed by atoms with van der Waals surface area (Å²) in [4.78, 5) is 0. The highest BCUT2D eigenvalue weighted by molar-refractivity contribution is 9.10. The summed E-state index contributed by atoms with van der Waals surface area (Å²) in [7, 11) is 1.67. The van der Waals surface area contributed by atoms with Crippen LogP contribution in [0.2, 0.25) is 0 Å². The van der Waals surface area contributed by atoms with Crippen LogP contribution in [0.1, 0.15) is 18.7 Å². The lowest BCUT2D eigenvalue weighted by molar-refractivity contribution is 0.415. The molecule has 0 saturated heterocycles. The van der Waals surface area contributed by atoms with Crippen LogP contribution >= 0.6 is 15.9 Å². The lowest BCUT2D eigenvalue weighted by Gasteiger charge is -2.16. The normalized spacial score (nSPS) is 12.3. The largest absolute Gasteiger partial charge is 0.495 e. The highest BCUT2D eigenvalue weighted by atomic mass is 79.9. The molecular formula is C17H16BrNO2. The molecule has 0 aliphatic carbocycles. The second-order valence-corrected chi connectivity index (χ2v) is 5.81. The SMILES string of the molecule is COc1ccc(Br)cc1NC(C)c1cc2ccccc2o1. The van der Waals surface area contributed by atoms with Crippen LogP contribution in [-0.4, -0.2) is 7.11 Å². The number of fused-ring (bicyclic) bond motifs is 1. The molecule has 0 aliphatic heterocycles. The fourth-order valence-corrected chi connectivity index (χ4v) is 2.67. The van der Waals surface area contributed by atoms with Gasteiger partial charge in [0.05, 0.1) is 18.8 Å². The Labute approximate surface area is 132 Å². The molecule has 1 aromatic heterocycles. The summed E-state index contributed by atoms with van der Waals surface area (Å²) in [5, 5.41) is 4.54. The Kier molecular flexibility index (Phi) is 3.88. The van der Waals surface area contributed by atoms with E-state index in [2.05, 4.69) is 40.3 Å². The topological polar surface area (TPSA) is 34.4 Å². The third-order valence-electron chi connectivity index (χ3n) is 3.40. The van der Waals surface area contributed by atoms with Gasteiger partial charge >= 0.3 is 0 Å². The van der Waals surface area contributed by atoms with Crippen molar-refractivity contribution in [2.24, 2.45) is 0 Å². The molecule has 3 aromatic rings. The number of ether oxygens (including phenoxy) is 1. The van der Waals surface area contributed by atoms with E-state index in [4.69, 9.17) is 9.15 Å². The minimum atomic E-state index is 0.0422. The van der Waals surface area contributed by atoms with E-state index in [0.29, 0.717) is 0 Å². The van der Waals surface area contributed by atoms with Crippen molar-refractivity contribution in [1.29, 1.82) is 0 Å². The Balaban J connectivity index is 1.89. The molecule has 0 amide bonds. The van der Waals surface area contributed by atoms with Gasteiger partial charge < -0.3 is 14.5 Å². The molecular weight excluding hydrogens is 330 g/mol. The number of nitrogens with one attached hydrogen (secondary N) is 1. The van der Waals surface area contributed by atoms with Gasteiger partial charge in [-0.05, 0) is 37.3 Å². The van der Waals surface area contributed by atoms with Crippen molar-refractivity contribution in [3.05, 3.63) is 58.8 Å². The molecule has 2 aromatic carbocycles. The van der Waals surface area contributed by atoms with E-state index in [9.17, 15) is 0 Å². The molecule has 0 bridgehead atoms. The van der Waals surface area contributed by atoms with Crippen LogP contribution in [0.5, 0.6) is 5.75 Å². The zero-order chi connectivity index (χ0) is 14.8. The molecule has 1 atom stereocenters. The van der Waals surface area contributed by atoms with Crippen LogP contribution in [0.15, 0.2) is 57.4 Å². The van der Waals surface area contributed by atoms with Gasteiger partial charge in [-0.3, -0.25) is 0 Å². The number of benzene rings is 2. The maximum Gasteiger partial charge on any atom is 0.142 e. The molecule has 0 saturated carbocycles. The Morgan fingerprint density at radius 2 is 1.95 bits per heavy atom. The standard InChI is InChI=1S/C17H16BrNO2/c1-11(17-9-12-5-3-4-6-15(12)21-17)19-14-10-13(18)7-8-16(14)20-2/h3-11,19H,1-2H3. The molecule has 108 valence electrons. The molecule has 1 N–H and O–H groups in total. The predicted molar refractivity (Wildman–Crippen MR) is 88.9 cm³/mol. The summed E-state index contributed by atoms with van der Waals surface area (Å²) < 4.78 is 12.3. The van der Waals surface area contributed by atoms with Crippen LogP contribution in [-0.2, 0) is 0 Å². The first-order chi connectivity index (χ1) is 10.2. The minimum absolute atomic E-state index is 0.0422. The van der Waals surface area contributed by atoms with Crippen molar-refractivity contribution >= 4 is 32.6 Å². The van der Waals surface area contributed by atoms with Gasteiger partial charge in [0.2, 0.25) is 0 Å². The molecule has 0 aliphatic rings. The second kappa shape index (κ2) is 5.82. The quantitative estimate of drug-likeness (QED) is 0.689. The minimum Gasteiger partial charge on any atom is -0.495 e. The van der Waals surface area contributed by atoms with Crippen molar-refractivity contribution < 1.29 is 9.15 Å². The number of rotatable bonds is 4. The van der Waals surface area contributed by atoms with E-state index in [1.165, 1.54) is 0 Å². The Hall–Kier alpha value is -1.94. The average molecular weight is 346 g/mol. The molecule has 1 unspecified atom stereocenters. The van der Waals surface area contributed by atoms with Crippen LogP contribution in [0.4, 0.5) is 5.69 Å². The van der Waals surface area contributed by atoms with Crippen molar-refractivity contribution in [3.8, 4) is 5.75 Å². The number of furan rings is 1. The molecule has 4 heteroatoms. The Morgan fingerprint density at radius 3 is 2.71 bits per heavy atom. The average Bonchev–Trinajstić information content (AvgIpc) is 2.91. The molecule has 0 radical (unpaired) electrons. The van der Waals surface area contributed by atoms with Gasteiger partial charge in [0, 0.05) is 9.86 Å². The molecule has 0 fully saturated rings. The van der Waals surface area contributed by atoms with Gasteiger partial charge in [-0.25, -0.2) is 0 Å². The maximum atomic E-state index is 5.89. The summed E-state index contributed by atoms with van der Waals surface area (Å²) >= 11 is 3.48. The maximum absolute atomic E-state index is 5.89. The molecule has 1 heterocycles. The third kappa shape index (κ3) is 2.90. The van der Waals surface area contributed by atoms with E-state index in [1.807, 2.05) is 36.4 Å². The first-order valence-electron chi connectivity index (χ1n) is 6.76. The molecule has 0 spiro atoms. The summed E-state index contributed by atoms with van der Waals surface area (Å²) in [5.74, 6) is 1.71. The zero-order valence-electron chi connectivity index (χ0n) is 11.9. The van der Waals surface area contributed by atoms with Crippen molar-refractivity contribution in [3.63, 3.8) is 0 Å². The van der Waals surface area contributed by atoms with Crippen molar-refractivity contribution in [2.45, 2.75) is 13.0 Å². The summed E-state index contributed by atoms with van der Waals surface area (Å²) in [5.41, 5.74) is 1.84. The third-order valence-corrected chi connectivity index (χ3v) is 3.90. The van der Waals surface area contributed by atoms with Gasteiger partial charge in [0.25, 0.3) is 0 Å². The predicted octanol–water partition coefficient (Wildman–Crippen LogP) is 5.38. The van der Waals surface area contributed by atoms with E-state index >= 15 is 0 Å². The number of hydrogen-bond donors (Lipinski definition) is 1. The summed E-state index contributed by atoms with van der Waals surface area (Å²) in [6.45, 7) is 2.07. The van der Waals surface area contributed by atoms with Crippen LogP contribution < -0.4 is 10.1 Å². The summed E-state index contributed by atoms with van der Waals surface area (Å²) in [6, 6.07) is 16.0. The van der Waals surface area contributed by atoms with Gasteiger partial charge in [-0.15, -0.1) is 0 Å². The Morgan fingerprint density at radius 1 is 1.14 bits per heavy atom. The zero-order valence-corrected chi connectivity index (χ0v) is 13.5. The van der Waals surface area contributed by atoms with E-state index in [1.54, 1.807) is 7.11 Å². The lowest BCUT2D eigenvalue weighted by atomic mass is 10.2. The number of para-hydroxylation sites is 1. The lowest BCUT2D eigenvalue weighted by Crippen LogP contribution is -2.06. The first kappa shape index (κ1) is 14.0. The highest BCUT2D eigenvalue weighted by Crippen LogP contribution is 2.32. The van der Waals surface area contributed by atoms with E-state index in [-0.39, 0.29) is 6.04 Å². The van der Waals surface area contributed by atoms with Crippen LogP contribution in [0.3, 0.4) is 0 Å². The molecule has 21 heavy (non-hydrogen) atoms. The van der Waals surface area contributed by atoms with Gasteiger partial charge in [0.1, 0.15) is 17.1 Å². The second-order valence-electron chi connectivity index (χ2n) is 4.90.